The highest BCUT2D eigenvalue weighted by Crippen LogP contribution is 2.31. The molecule has 1 fully saturated rings. The van der Waals surface area contributed by atoms with Gasteiger partial charge in [-0.25, -0.2) is 0 Å². The van der Waals surface area contributed by atoms with Crippen LogP contribution in [-0.4, -0.2) is 28.9 Å². The fourth-order valence-electron chi connectivity index (χ4n) is 3.73. The molecule has 4 rings (SSSR count). The SMILES string of the molecule is O=C(C(Cc1cccnc1)c1ccc(Cl)cc1)N1CCC(c2ccco2)C1. The third kappa shape index (κ3) is 4.06. The van der Waals surface area contributed by atoms with E-state index in [-0.39, 0.29) is 17.7 Å². The highest BCUT2D eigenvalue weighted by atomic mass is 35.5. The number of amides is 1. The van der Waals surface area contributed by atoms with E-state index in [2.05, 4.69) is 4.98 Å². The number of rotatable bonds is 5. The Bertz CT molecular complexity index is 878. The molecule has 138 valence electrons. The van der Waals surface area contributed by atoms with Gasteiger partial charge in [0.15, 0.2) is 0 Å². The Morgan fingerprint density at radius 3 is 2.78 bits per heavy atom. The molecular weight excluding hydrogens is 360 g/mol. The maximum absolute atomic E-state index is 13.4. The fraction of sp³-hybridized carbons (Fsp3) is 0.273. The predicted molar refractivity (Wildman–Crippen MR) is 105 cm³/mol. The largest absolute Gasteiger partial charge is 0.469 e. The van der Waals surface area contributed by atoms with Crippen molar-refractivity contribution < 1.29 is 9.21 Å². The van der Waals surface area contributed by atoms with Gasteiger partial charge in [0.2, 0.25) is 5.91 Å². The quantitative estimate of drug-likeness (QED) is 0.646. The van der Waals surface area contributed by atoms with Crippen molar-refractivity contribution in [3.05, 3.63) is 89.1 Å². The van der Waals surface area contributed by atoms with Gasteiger partial charge in [-0.15, -0.1) is 0 Å². The molecule has 1 aliphatic heterocycles. The molecule has 1 saturated heterocycles. The number of halogens is 1. The topological polar surface area (TPSA) is 46.3 Å². The molecule has 4 nitrogen and oxygen atoms in total. The van der Waals surface area contributed by atoms with Gasteiger partial charge in [0.25, 0.3) is 0 Å². The normalized spacial score (nSPS) is 17.8. The number of likely N-dealkylation sites (tertiary alicyclic amines) is 1. The second kappa shape index (κ2) is 7.97. The molecule has 2 aromatic heterocycles. The third-order valence-corrected chi connectivity index (χ3v) is 5.43. The van der Waals surface area contributed by atoms with E-state index in [0.29, 0.717) is 18.0 Å². The Hall–Kier alpha value is -2.59. The summed E-state index contributed by atoms with van der Waals surface area (Å²) in [5.74, 6) is 1.13. The second-order valence-electron chi connectivity index (χ2n) is 6.95. The summed E-state index contributed by atoms with van der Waals surface area (Å²) in [5, 5.41) is 0.672. The van der Waals surface area contributed by atoms with Gasteiger partial charge in [-0.05, 0) is 54.3 Å². The highest BCUT2D eigenvalue weighted by molar-refractivity contribution is 6.30. The maximum atomic E-state index is 13.4. The van der Waals surface area contributed by atoms with Crippen molar-refractivity contribution in [3.8, 4) is 0 Å². The van der Waals surface area contributed by atoms with Gasteiger partial charge in [-0.2, -0.15) is 0 Å². The fourth-order valence-corrected chi connectivity index (χ4v) is 3.86. The number of hydrogen-bond acceptors (Lipinski definition) is 3. The summed E-state index contributed by atoms with van der Waals surface area (Å²) in [7, 11) is 0. The van der Waals surface area contributed by atoms with Crippen molar-refractivity contribution in [2.24, 2.45) is 0 Å². The van der Waals surface area contributed by atoms with Gasteiger partial charge >= 0.3 is 0 Å². The Morgan fingerprint density at radius 1 is 1.22 bits per heavy atom. The van der Waals surface area contributed by atoms with Crippen molar-refractivity contribution in [3.63, 3.8) is 0 Å². The molecule has 1 aliphatic rings. The lowest BCUT2D eigenvalue weighted by Gasteiger charge is -2.24. The lowest BCUT2D eigenvalue weighted by atomic mass is 9.91. The average Bonchev–Trinajstić information content (AvgIpc) is 3.39. The zero-order valence-corrected chi connectivity index (χ0v) is 15.7. The molecule has 0 aliphatic carbocycles. The van der Waals surface area contributed by atoms with Crippen LogP contribution in [0.1, 0.15) is 35.1 Å². The molecule has 3 heterocycles. The molecule has 0 spiro atoms. The summed E-state index contributed by atoms with van der Waals surface area (Å²) in [6.07, 6.45) is 6.82. The van der Waals surface area contributed by atoms with Crippen LogP contribution in [0.5, 0.6) is 0 Å². The van der Waals surface area contributed by atoms with E-state index in [4.69, 9.17) is 16.0 Å². The first-order chi connectivity index (χ1) is 13.2. The van der Waals surface area contributed by atoms with Gasteiger partial charge in [0.1, 0.15) is 5.76 Å². The van der Waals surface area contributed by atoms with E-state index in [9.17, 15) is 4.79 Å². The minimum atomic E-state index is -0.248. The highest BCUT2D eigenvalue weighted by Gasteiger charge is 2.33. The number of nitrogens with zero attached hydrogens (tertiary/aromatic N) is 2. The van der Waals surface area contributed by atoms with Crippen molar-refractivity contribution in [1.82, 2.24) is 9.88 Å². The van der Waals surface area contributed by atoms with Crippen LogP contribution in [0.4, 0.5) is 0 Å². The van der Waals surface area contributed by atoms with E-state index in [0.717, 1.165) is 29.9 Å². The van der Waals surface area contributed by atoms with Crippen LogP contribution in [0.15, 0.2) is 71.6 Å². The molecule has 2 unspecified atom stereocenters. The Morgan fingerprint density at radius 2 is 2.07 bits per heavy atom. The van der Waals surface area contributed by atoms with Crippen LogP contribution in [0, 0.1) is 0 Å². The van der Waals surface area contributed by atoms with Gasteiger partial charge in [0, 0.05) is 36.4 Å². The zero-order valence-electron chi connectivity index (χ0n) is 14.9. The van der Waals surface area contributed by atoms with Crippen molar-refractivity contribution >= 4 is 17.5 Å². The molecule has 5 heteroatoms. The number of carbonyl (C=O) groups excluding carboxylic acids is 1. The predicted octanol–water partition coefficient (Wildman–Crippen LogP) is 4.67. The zero-order chi connectivity index (χ0) is 18.6. The summed E-state index contributed by atoms with van der Waals surface area (Å²) >= 11 is 6.04. The summed E-state index contributed by atoms with van der Waals surface area (Å²) in [5.41, 5.74) is 2.03. The molecule has 0 N–H and O–H groups in total. The number of hydrogen-bond donors (Lipinski definition) is 0. The van der Waals surface area contributed by atoms with Crippen LogP contribution in [-0.2, 0) is 11.2 Å². The Labute approximate surface area is 163 Å². The third-order valence-electron chi connectivity index (χ3n) is 5.18. The molecule has 27 heavy (non-hydrogen) atoms. The number of furan rings is 1. The van der Waals surface area contributed by atoms with Crippen molar-refractivity contribution in [1.29, 1.82) is 0 Å². The monoisotopic (exact) mass is 380 g/mol. The number of carbonyl (C=O) groups is 1. The molecule has 0 radical (unpaired) electrons. The molecule has 1 aromatic carbocycles. The molecule has 1 amide bonds. The summed E-state index contributed by atoms with van der Waals surface area (Å²) < 4.78 is 5.54. The Kier molecular flexibility index (Phi) is 5.26. The maximum Gasteiger partial charge on any atom is 0.230 e. The van der Waals surface area contributed by atoms with E-state index < -0.39 is 0 Å². The standard InChI is InChI=1S/C22H21ClN2O2/c23-19-7-5-17(6-8-19)20(13-16-3-1-10-24-14-16)22(26)25-11-9-18(15-25)21-4-2-12-27-21/h1-8,10,12,14,18,20H,9,11,13,15H2. The Balaban J connectivity index is 1.56. The summed E-state index contributed by atoms with van der Waals surface area (Å²) in [4.78, 5) is 19.5. The first kappa shape index (κ1) is 17.8. The van der Waals surface area contributed by atoms with Crippen LogP contribution in [0.25, 0.3) is 0 Å². The minimum absolute atomic E-state index is 0.148. The number of pyridine rings is 1. The van der Waals surface area contributed by atoms with Crippen LogP contribution >= 0.6 is 11.6 Å². The van der Waals surface area contributed by atoms with Gasteiger partial charge < -0.3 is 9.32 Å². The number of benzene rings is 1. The average molecular weight is 381 g/mol. The van der Waals surface area contributed by atoms with E-state index >= 15 is 0 Å². The molecular formula is C22H21ClN2O2. The minimum Gasteiger partial charge on any atom is -0.469 e. The van der Waals surface area contributed by atoms with Crippen LogP contribution in [0.3, 0.4) is 0 Å². The van der Waals surface area contributed by atoms with Gasteiger partial charge in [0.05, 0.1) is 12.2 Å². The van der Waals surface area contributed by atoms with E-state index in [1.54, 1.807) is 12.5 Å². The van der Waals surface area contributed by atoms with Crippen LogP contribution < -0.4 is 0 Å². The first-order valence-electron chi connectivity index (χ1n) is 9.17. The first-order valence-corrected chi connectivity index (χ1v) is 9.55. The molecule has 2 atom stereocenters. The van der Waals surface area contributed by atoms with Gasteiger partial charge in [-0.3, -0.25) is 9.78 Å². The molecule has 0 saturated carbocycles. The van der Waals surface area contributed by atoms with E-state index in [1.165, 1.54) is 0 Å². The lowest BCUT2D eigenvalue weighted by Crippen LogP contribution is -2.34. The van der Waals surface area contributed by atoms with Gasteiger partial charge in [-0.1, -0.05) is 29.8 Å². The smallest absolute Gasteiger partial charge is 0.230 e. The summed E-state index contributed by atoms with van der Waals surface area (Å²) in [6, 6.07) is 15.4. The second-order valence-corrected chi connectivity index (χ2v) is 7.39. The number of aromatic nitrogens is 1. The molecule has 0 bridgehead atoms. The molecule has 3 aromatic rings. The lowest BCUT2D eigenvalue weighted by molar-refractivity contribution is -0.131. The van der Waals surface area contributed by atoms with Crippen molar-refractivity contribution in [2.45, 2.75) is 24.7 Å². The van der Waals surface area contributed by atoms with Crippen molar-refractivity contribution in [2.75, 3.05) is 13.1 Å². The van der Waals surface area contributed by atoms with Crippen LogP contribution in [0.2, 0.25) is 5.02 Å². The van der Waals surface area contributed by atoms with E-state index in [1.807, 2.05) is 59.6 Å². The summed E-state index contributed by atoms with van der Waals surface area (Å²) in [6.45, 7) is 1.45.